The van der Waals surface area contributed by atoms with Crippen molar-refractivity contribution in [3.05, 3.63) is 54.4 Å². The average molecular weight is 515 g/mol. The molecule has 200 valence electrons. The predicted octanol–water partition coefficient (Wildman–Crippen LogP) is 3.69. The molecule has 0 radical (unpaired) electrons. The second-order valence-electron chi connectivity index (χ2n) is 11.4. The molecule has 4 heterocycles. The van der Waals surface area contributed by atoms with E-state index in [0.717, 1.165) is 68.9 Å². The lowest BCUT2D eigenvalue weighted by Gasteiger charge is -2.51. The van der Waals surface area contributed by atoms with Gasteiger partial charge in [0, 0.05) is 76.3 Å². The second-order valence-corrected chi connectivity index (χ2v) is 11.4. The Bertz CT molecular complexity index is 1310. The fourth-order valence-electron chi connectivity index (χ4n) is 6.16. The Morgan fingerprint density at radius 2 is 1.79 bits per heavy atom. The van der Waals surface area contributed by atoms with Crippen molar-refractivity contribution < 1.29 is 9.53 Å². The molecule has 0 atom stereocenters. The van der Waals surface area contributed by atoms with E-state index in [1.54, 1.807) is 0 Å². The summed E-state index contributed by atoms with van der Waals surface area (Å²) in [6.45, 7) is 13.1. The number of fused-ring (bicyclic) bond motifs is 1. The molecule has 0 bridgehead atoms. The summed E-state index contributed by atoms with van der Waals surface area (Å²) in [5.74, 6) is 0.411. The number of hydrogen-bond acceptors (Lipinski definition) is 6. The number of anilines is 1. The summed E-state index contributed by atoms with van der Waals surface area (Å²) < 4.78 is 7.95. The number of carbonyl (C=O) groups excluding carboxylic acids is 1. The third-order valence-electron chi connectivity index (χ3n) is 8.92. The van der Waals surface area contributed by atoms with Gasteiger partial charge in [-0.15, -0.1) is 0 Å². The topological polar surface area (TPSA) is 65.7 Å². The van der Waals surface area contributed by atoms with Crippen molar-refractivity contribution in [1.82, 2.24) is 19.4 Å². The Morgan fingerprint density at radius 1 is 1.08 bits per heavy atom. The van der Waals surface area contributed by atoms with Crippen molar-refractivity contribution in [3.8, 4) is 11.1 Å². The maximum atomic E-state index is 12.9. The van der Waals surface area contributed by atoms with Crippen molar-refractivity contribution >= 4 is 23.8 Å². The van der Waals surface area contributed by atoms with E-state index in [1.165, 1.54) is 11.1 Å². The molecule has 2 aromatic heterocycles. The molecule has 0 N–H and O–H groups in total. The molecule has 0 unspecified atom stereocenters. The number of carbonyl (C=O) groups is 1. The van der Waals surface area contributed by atoms with Crippen molar-refractivity contribution in [2.45, 2.75) is 44.4 Å². The summed E-state index contributed by atoms with van der Waals surface area (Å²) in [7, 11) is 1.82. The Morgan fingerprint density at radius 3 is 2.42 bits per heavy atom. The standard InChI is InChI=1S/C30H38N6O2/c1-21(2)35-19-30(20-35,38-4)25-7-5-22(6-8-25)24-17-28-27(9-10-32-36(28)18-24)33-11-13-34(14-12-33)29(37)23-15-26(16-23)31-3/h5-10,17-18,21,23,26H,3,11-16,19-20H2,1-2,4H3. The zero-order chi connectivity index (χ0) is 26.4. The molecule has 6 rings (SSSR count). The SMILES string of the molecule is C=NC1CC(C(=O)N2CCN(c3ccnn4cc(-c5ccc(C6(OC)CN(C(C)C)C6)cc5)cc34)CC2)C1. The van der Waals surface area contributed by atoms with Gasteiger partial charge < -0.3 is 14.5 Å². The van der Waals surface area contributed by atoms with E-state index >= 15 is 0 Å². The lowest BCUT2D eigenvalue weighted by atomic mass is 9.79. The highest BCUT2D eigenvalue weighted by molar-refractivity contribution is 5.82. The molecule has 1 amide bonds. The highest BCUT2D eigenvalue weighted by Crippen LogP contribution is 2.38. The molecule has 1 saturated carbocycles. The monoisotopic (exact) mass is 514 g/mol. The largest absolute Gasteiger partial charge is 0.371 e. The van der Waals surface area contributed by atoms with Gasteiger partial charge in [-0.25, -0.2) is 4.52 Å². The molecule has 2 saturated heterocycles. The number of benzene rings is 1. The van der Waals surface area contributed by atoms with Gasteiger partial charge in [0.25, 0.3) is 0 Å². The molecular formula is C30H38N6O2. The van der Waals surface area contributed by atoms with E-state index in [9.17, 15) is 4.79 Å². The maximum Gasteiger partial charge on any atom is 0.225 e. The van der Waals surface area contributed by atoms with Gasteiger partial charge in [0.15, 0.2) is 0 Å². The third-order valence-corrected chi connectivity index (χ3v) is 8.92. The van der Waals surface area contributed by atoms with Crippen LogP contribution in [-0.2, 0) is 15.1 Å². The van der Waals surface area contributed by atoms with E-state index in [1.807, 2.05) is 22.7 Å². The predicted molar refractivity (Wildman–Crippen MR) is 151 cm³/mol. The average Bonchev–Trinajstić information content (AvgIpc) is 3.33. The number of methoxy groups -OCH3 is 1. The Kier molecular flexibility index (Phi) is 6.48. The summed E-state index contributed by atoms with van der Waals surface area (Å²) in [5.41, 5.74) is 5.58. The molecular weight excluding hydrogens is 476 g/mol. The Labute approximate surface area is 224 Å². The van der Waals surface area contributed by atoms with Gasteiger partial charge in [-0.3, -0.25) is 14.7 Å². The fourth-order valence-corrected chi connectivity index (χ4v) is 6.16. The van der Waals surface area contributed by atoms with E-state index in [2.05, 4.69) is 83.1 Å². The molecule has 0 spiro atoms. The van der Waals surface area contributed by atoms with Crippen LogP contribution >= 0.6 is 0 Å². The first-order chi connectivity index (χ1) is 18.4. The molecule has 3 aromatic rings. The van der Waals surface area contributed by atoms with Crippen molar-refractivity contribution in [2.75, 3.05) is 51.3 Å². The molecule has 1 aromatic carbocycles. The first kappa shape index (κ1) is 25.1. The summed E-state index contributed by atoms with van der Waals surface area (Å²) in [6.07, 6.45) is 5.67. The van der Waals surface area contributed by atoms with Gasteiger partial charge in [-0.2, -0.15) is 5.10 Å². The van der Waals surface area contributed by atoms with Crippen LogP contribution in [0.25, 0.3) is 16.6 Å². The van der Waals surface area contributed by atoms with Gasteiger partial charge in [0.2, 0.25) is 5.91 Å². The van der Waals surface area contributed by atoms with Crippen LogP contribution in [0.3, 0.4) is 0 Å². The van der Waals surface area contributed by atoms with E-state index < -0.39 is 0 Å². The lowest BCUT2D eigenvalue weighted by Crippen LogP contribution is -2.62. The van der Waals surface area contributed by atoms with Crippen LogP contribution in [-0.4, -0.2) is 90.5 Å². The first-order valence-corrected chi connectivity index (χ1v) is 13.8. The Balaban J connectivity index is 1.15. The number of piperazine rings is 1. The molecule has 1 aliphatic carbocycles. The summed E-state index contributed by atoms with van der Waals surface area (Å²) in [5, 5.41) is 4.59. The molecule has 2 aliphatic heterocycles. The normalized spacial score (nSPS) is 23.4. The highest BCUT2D eigenvalue weighted by Gasteiger charge is 2.45. The number of hydrogen-bond donors (Lipinski definition) is 0. The van der Waals surface area contributed by atoms with Gasteiger partial charge in [-0.1, -0.05) is 24.3 Å². The summed E-state index contributed by atoms with van der Waals surface area (Å²) in [4.78, 5) is 23.8. The van der Waals surface area contributed by atoms with E-state index in [-0.39, 0.29) is 23.5 Å². The number of aromatic nitrogens is 2. The molecule has 8 nitrogen and oxygen atoms in total. The van der Waals surface area contributed by atoms with Gasteiger partial charge in [0.1, 0.15) is 5.60 Å². The van der Waals surface area contributed by atoms with Crippen molar-refractivity contribution in [1.29, 1.82) is 0 Å². The van der Waals surface area contributed by atoms with Crippen LogP contribution in [0.1, 0.15) is 32.3 Å². The van der Waals surface area contributed by atoms with Crippen molar-refractivity contribution in [2.24, 2.45) is 10.9 Å². The summed E-state index contributed by atoms with van der Waals surface area (Å²) >= 11 is 0. The number of amides is 1. The fraction of sp³-hybridized carbons (Fsp3) is 0.500. The smallest absolute Gasteiger partial charge is 0.225 e. The van der Waals surface area contributed by atoms with Gasteiger partial charge in [0.05, 0.1) is 17.2 Å². The number of rotatable bonds is 7. The minimum Gasteiger partial charge on any atom is -0.371 e. The summed E-state index contributed by atoms with van der Waals surface area (Å²) in [6, 6.07) is 13.9. The van der Waals surface area contributed by atoms with Crippen LogP contribution in [0.5, 0.6) is 0 Å². The van der Waals surface area contributed by atoms with Crippen molar-refractivity contribution in [3.63, 3.8) is 0 Å². The maximum absolute atomic E-state index is 12.9. The molecule has 8 heteroatoms. The third kappa shape index (κ3) is 4.29. The molecule has 3 aliphatic rings. The lowest BCUT2D eigenvalue weighted by molar-refractivity contribution is -0.141. The van der Waals surface area contributed by atoms with E-state index in [0.29, 0.717) is 6.04 Å². The number of ether oxygens (including phenoxy) is 1. The Hall–Kier alpha value is -3.23. The number of likely N-dealkylation sites (tertiary alicyclic amines) is 1. The second kappa shape index (κ2) is 9.82. The first-order valence-electron chi connectivity index (χ1n) is 13.8. The number of nitrogens with zero attached hydrogens (tertiary/aromatic N) is 6. The van der Waals surface area contributed by atoms with Crippen LogP contribution in [0.15, 0.2) is 53.8 Å². The van der Waals surface area contributed by atoms with Crippen LogP contribution in [0.4, 0.5) is 5.69 Å². The van der Waals surface area contributed by atoms with E-state index in [4.69, 9.17) is 4.74 Å². The minimum absolute atomic E-state index is 0.126. The molecule has 38 heavy (non-hydrogen) atoms. The number of aliphatic imine (C=N–C) groups is 1. The van der Waals surface area contributed by atoms with Crippen LogP contribution in [0.2, 0.25) is 0 Å². The minimum atomic E-state index is -0.213. The van der Waals surface area contributed by atoms with Crippen LogP contribution in [0, 0.1) is 5.92 Å². The quantitative estimate of drug-likeness (QED) is 0.450. The highest BCUT2D eigenvalue weighted by atomic mass is 16.5. The van der Waals surface area contributed by atoms with Crippen LogP contribution < -0.4 is 4.90 Å². The zero-order valence-corrected chi connectivity index (χ0v) is 22.7. The van der Waals surface area contributed by atoms with Gasteiger partial charge >= 0.3 is 0 Å². The van der Waals surface area contributed by atoms with Gasteiger partial charge in [-0.05, 0) is 56.7 Å². The molecule has 3 fully saturated rings. The zero-order valence-electron chi connectivity index (χ0n) is 22.7.